The first-order valence-corrected chi connectivity index (χ1v) is 7.43. The standard InChI is InChI=1S/C19H17NO4/c1-23-17(19(21)22)15-9-10-16(20-18(15)24-2)14-8-7-12-5-3-4-6-13(12)11-14/h3-11,17H,1-2H3,(H,21,22). The summed E-state index contributed by atoms with van der Waals surface area (Å²) in [4.78, 5) is 15.7. The molecule has 0 aliphatic heterocycles. The minimum Gasteiger partial charge on any atom is -0.481 e. The molecule has 1 atom stereocenters. The van der Waals surface area contributed by atoms with E-state index < -0.39 is 12.1 Å². The third kappa shape index (κ3) is 2.94. The second-order valence-corrected chi connectivity index (χ2v) is 5.31. The molecule has 1 aromatic heterocycles. The van der Waals surface area contributed by atoms with Crippen LogP contribution < -0.4 is 4.74 Å². The molecule has 122 valence electrons. The number of nitrogens with zero attached hydrogens (tertiary/aromatic N) is 1. The number of hydrogen-bond donors (Lipinski definition) is 1. The minimum atomic E-state index is -1.11. The summed E-state index contributed by atoms with van der Waals surface area (Å²) in [6, 6.07) is 17.6. The number of carboxylic acid groups (broad SMARTS) is 1. The summed E-state index contributed by atoms with van der Waals surface area (Å²) in [6.07, 6.45) is -1.11. The molecule has 0 spiro atoms. The van der Waals surface area contributed by atoms with Crippen LogP contribution in [-0.2, 0) is 9.53 Å². The molecule has 0 aliphatic carbocycles. The van der Waals surface area contributed by atoms with Crippen molar-refractivity contribution < 1.29 is 19.4 Å². The van der Waals surface area contributed by atoms with Gasteiger partial charge >= 0.3 is 5.97 Å². The van der Waals surface area contributed by atoms with E-state index in [1.165, 1.54) is 14.2 Å². The summed E-state index contributed by atoms with van der Waals surface area (Å²) in [5.41, 5.74) is 2.03. The third-order valence-electron chi connectivity index (χ3n) is 3.87. The predicted octanol–water partition coefficient (Wildman–Crippen LogP) is 3.68. The van der Waals surface area contributed by atoms with Gasteiger partial charge in [-0.05, 0) is 29.0 Å². The Morgan fingerprint density at radius 2 is 1.79 bits per heavy atom. The number of ether oxygens (including phenoxy) is 2. The number of carboxylic acids is 1. The molecule has 24 heavy (non-hydrogen) atoms. The lowest BCUT2D eigenvalue weighted by atomic mass is 10.0. The summed E-state index contributed by atoms with van der Waals surface area (Å²) >= 11 is 0. The van der Waals surface area contributed by atoms with Gasteiger partial charge in [0, 0.05) is 12.7 Å². The first kappa shape index (κ1) is 16.0. The normalized spacial score (nSPS) is 12.1. The van der Waals surface area contributed by atoms with Crippen LogP contribution in [0.2, 0.25) is 0 Å². The number of carbonyl (C=O) groups is 1. The van der Waals surface area contributed by atoms with Gasteiger partial charge in [-0.3, -0.25) is 0 Å². The first-order valence-electron chi connectivity index (χ1n) is 7.43. The predicted molar refractivity (Wildman–Crippen MR) is 91.1 cm³/mol. The SMILES string of the molecule is COc1nc(-c2ccc3ccccc3c2)ccc1C(OC)C(=O)O. The Balaban J connectivity index is 2.06. The number of pyridine rings is 1. The number of benzene rings is 2. The second-order valence-electron chi connectivity index (χ2n) is 5.31. The van der Waals surface area contributed by atoms with E-state index in [1.54, 1.807) is 12.1 Å². The summed E-state index contributed by atoms with van der Waals surface area (Å²) in [7, 11) is 2.81. The lowest BCUT2D eigenvalue weighted by molar-refractivity contribution is -0.149. The highest BCUT2D eigenvalue weighted by Gasteiger charge is 2.24. The maximum absolute atomic E-state index is 11.3. The molecule has 0 fully saturated rings. The van der Waals surface area contributed by atoms with Crippen molar-refractivity contribution in [1.82, 2.24) is 4.98 Å². The van der Waals surface area contributed by atoms with Gasteiger partial charge in [-0.1, -0.05) is 36.4 Å². The van der Waals surface area contributed by atoms with E-state index in [4.69, 9.17) is 9.47 Å². The van der Waals surface area contributed by atoms with Crippen LogP contribution in [-0.4, -0.2) is 30.3 Å². The van der Waals surface area contributed by atoms with Crippen LogP contribution in [0.15, 0.2) is 54.6 Å². The van der Waals surface area contributed by atoms with Gasteiger partial charge in [0.25, 0.3) is 0 Å². The highest BCUT2D eigenvalue weighted by atomic mass is 16.5. The van der Waals surface area contributed by atoms with E-state index in [0.717, 1.165) is 16.3 Å². The largest absolute Gasteiger partial charge is 0.481 e. The second kappa shape index (κ2) is 6.68. The Morgan fingerprint density at radius 3 is 2.46 bits per heavy atom. The van der Waals surface area contributed by atoms with Gasteiger partial charge in [0.15, 0.2) is 6.10 Å². The molecule has 5 nitrogen and oxygen atoms in total. The molecule has 0 bridgehead atoms. The van der Waals surface area contributed by atoms with Crippen LogP contribution in [0.1, 0.15) is 11.7 Å². The molecule has 1 heterocycles. The summed E-state index contributed by atoms with van der Waals surface area (Å²) in [5.74, 6) is -0.842. The Labute approximate surface area is 139 Å². The Hall–Kier alpha value is -2.92. The van der Waals surface area contributed by atoms with Crippen LogP contribution in [0, 0.1) is 0 Å². The lowest BCUT2D eigenvalue weighted by Gasteiger charge is -2.15. The molecule has 1 N–H and O–H groups in total. The monoisotopic (exact) mass is 323 g/mol. The number of fused-ring (bicyclic) bond motifs is 1. The lowest BCUT2D eigenvalue weighted by Crippen LogP contribution is -2.15. The number of hydrogen-bond acceptors (Lipinski definition) is 4. The molecule has 0 amide bonds. The topological polar surface area (TPSA) is 68.7 Å². The van der Waals surface area contributed by atoms with Gasteiger partial charge in [-0.25, -0.2) is 9.78 Å². The molecule has 3 aromatic rings. The third-order valence-corrected chi connectivity index (χ3v) is 3.87. The van der Waals surface area contributed by atoms with Gasteiger partial charge in [0.05, 0.1) is 18.4 Å². The number of methoxy groups -OCH3 is 2. The number of aromatic nitrogens is 1. The highest BCUT2D eigenvalue weighted by molar-refractivity contribution is 5.87. The maximum Gasteiger partial charge on any atom is 0.337 e. The zero-order valence-corrected chi connectivity index (χ0v) is 13.4. The molecule has 1 unspecified atom stereocenters. The molecule has 2 aromatic carbocycles. The number of rotatable bonds is 5. The Morgan fingerprint density at radius 1 is 1.04 bits per heavy atom. The maximum atomic E-state index is 11.3. The van der Waals surface area contributed by atoms with Gasteiger partial charge in [-0.2, -0.15) is 0 Å². The summed E-state index contributed by atoms with van der Waals surface area (Å²) in [6.45, 7) is 0. The average molecular weight is 323 g/mol. The molecule has 0 saturated heterocycles. The van der Waals surface area contributed by atoms with Crippen molar-refractivity contribution in [3.8, 4) is 17.1 Å². The van der Waals surface area contributed by atoms with Gasteiger partial charge in [0.2, 0.25) is 5.88 Å². The fourth-order valence-electron chi connectivity index (χ4n) is 2.68. The van der Waals surface area contributed by atoms with Crippen molar-refractivity contribution in [3.05, 3.63) is 60.2 Å². The highest BCUT2D eigenvalue weighted by Crippen LogP contribution is 2.30. The van der Waals surface area contributed by atoms with Crippen LogP contribution in [0.4, 0.5) is 0 Å². The smallest absolute Gasteiger partial charge is 0.337 e. The van der Waals surface area contributed by atoms with E-state index in [0.29, 0.717) is 11.3 Å². The van der Waals surface area contributed by atoms with E-state index >= 15 is 0 Å². The van der Waals surface area contributed by atoms with E-state index in [-0.39, 0.29) is 5.88 Å². The minimum absolute atomic E-state index is 0.245. The van der Waals surface area contributed by atoms with Crippen molar-refractivity contribution in [2.24, 2.45) is 0 Å². The Kier molecular flexibility index (Phi) is 4.44. The summed E-state index contributed by atoms with van der Waals surface area (Å²) < 4.78 is 10.3. The van der Waals surface area contributed by atoms with Crippen molar-refractivity contribution in [1.29, 1.82) is 0 Å². The molecule has 0 aliphatic rings. The fourth-order valence-corrected chi connectivity index (χ4v) is 2.68. The van der Waals surface area contributed by atoms with Crippen molar-refractivity contribution in [2.75, 3.05) is 14.2 Å². The van der Waals surface area contributed by atoms with Crippen molar-refractivity contribution in [3.63, 3.8) is 0 Å². The van der Waals surface area contributed by atoms with Gasteiger partial charge in [-0.15, -0.1) is 0 Å². The number of aliphatic carboxylic acids is 1. The Bertz CT molecular complexity index is 891. The van der Waals surface area contributed by atoms with Crippen LogP contribution in [0.25, 0.3) is 22.0 Å². The molecule has 5 heteroatoms. The van der Waals surface area contributed by atoms with Gasteiger partial charge < -0.3 is 14.6 Å². The van der Waals surface area contributed by atoms with Crippen LogP contribution in [0.5, 0.6) is 5.88 Å². The molecular formula is C19H17NO4. The average Bonchev–Trinajstić information content (AvgIpc) is 2.61. The zero-order chi connectivity index (χ0) is 17.1. The van der Waals surface area contributed by atoms with Crippen LogP contribution >= 0.6 is 0 Å². The molecule has 0 radical (unpaired) electrons. The quantitative estimate of drug-likeness (QED) is 0.775. The van der Waals surface area contributed by atoms with Crippen molar-refractivity contribution in [2.45, 2.75) is 6.10 Å². The fraction of sp³-hybridized carbons (Fsp3) is 0.158. The molecule has 3 rings (SSSR count). The zero-order valence-electron chi connectivity index (χ0n) is 13.4. The first-order chi connectivity index (χ1) is 11.6. The summed E-state index contributed by atoms with van der Waals surface area (Å²) in [5, 5.41) is 11.5. The van der Waals surface area contributed by atoms with E-state index in [2.05, 4.69) is 4.98 Å². The molecular weight excluding hydrogens is 306 g/mol. The van der Waals surface area contributed by atoms with Crippen LogP contribution in [0.3, 0.4) is 0 Å². The van der Waals surface area contributed by atoms with Crippen molar-refractivity contribution >= 4 is 16.7 Å². The molecule has 0 saturated carbocycles. The van der Waals surface area contributed by atoms with E-state index in [1.807, 2.05) is 42.5 Å². The van der Waals surface area contributed by atoms with Gasteiger partial charge in [0.1, 0.15) is 0 Å². The van der Waals surface area contributed by atoms with E-state index in [9.17, 15) is 9.90 Å².